The topological polar surface area (TPSA) is 77.6 Å². The van der Waals surface area contributed by atoms with Crippen molar-refractivity contribution in [2.75, 3.05) is 49.9 Å². The van der Waals surface area contributed by atoms with Gasteiger partial charge in [0.2, 0.25) is 11.8 Å². The fourth-order valence-electron chi connectivity index (χ4n) is 2.87. The molecule has 0 spiro atoms. The highest BCUT2D eigenvalue weighted by Gasteiger charge is 2.20. The lowest BCUT2D eigenvalue weighted by Gasteiger charge is -2.33. The van der Waals surface area contributed by atoms with E-state index in [0.717, 1.165) is 31.9 Å². The van der Waals surface area contributed by atoms with Crippen molar-refractivity contribution in [3.63, 3.8) is 0 Å². The highest BCUT2D eigenvalue weighted by molar-refractivity contribution is 6.30. The summed E-state index contributed by atoms with van der Waals surface area (Å²) in [4.78, 5) is 32.5. The average Bonchev–Trinajstić information content (AvgIpc) is 2.66. The number of carbonyl (C=O) groups excluding carboxylic acids is 2. The second kappa shape index (κ2) is 9.45. The lowest BCUT2D eigenvalue weighted by atomic mass is 10.3. The third kappa shape index (κ3) is 6.32. The quantitative estimate of drug-likeness (QED) is 0.792. The number of pyridine rings is 1. The molecule has 7 nitrogen and oxygen atoms in total. The van der Waals surface area contributed by atoms with Crippen LogP contribution in [-0.2, 0) is 9.59 Å². The van der Waals surface area contributed by atoms with Gasteiger partial charge in [-0.05, 0) is 24.3 Å². The Morgan fingerprint density at radius 1 is 0.889 bits per heavy atom. The Labute approximate surface area is 163 Å². The van der Waals surface area contributed by atoms with Crippen molar-refractivity contribution in [3.05, 3.63) is 53.7 Å². The monoisotopic (exact) mass is 387 g/mol. The maximum Gasteiger partial charge on any atom is 0.239 e. The number of anilines is 2. The number of hydrogen-bond donors (Lipinski definition) is 2. The first kappa shape index (κ1) is 19.3. The number of benzene rings is 1. The largest absolute Gasteiger partial charge is 0.325 e. The zero-order chi connectivity index (χ0) is 19.1. The number of rotatable bonds is 6. The van der Waals surface area contributed by atoms with Gasteiger partial charge in [0.15, 0.2) is 0 Å². The first-order valence-corrected chi connectivity index (χ1v) is 9.17. The van der Waals surface area contributed by atoms with Crippen LogP contribution in [0.2, 0.25) is 5.02 Å². The summed E-state index contributed by atoms with van der Waals surface area (Å²) in [6, 6.07) is 12.8. The van der Waals surface area contributed by atoms with Crippen LogP contribution in [0.3, 0.4) is 0 Å². The van der Waals surface area contributed by atoms with Gasteiger partial charge in [0.25, 0.3) is 0 Å². The van der Waals surface area contributed by atoms with Crippen molar-refractivity contribution < 1.29 is 9.59 Å². The summed E-state index contributed by atoms with van der Waals surface area (Å²) in [5.74, 6) is 0.349. The number of aromatic nitrogens is 1. The van der Waals surface area contributed by atoms with E-state index in [1.165, 1.54) is 6.20 Å². The van der Waals surface area contributed by atoms with Gasteiger partial charge < -0.3 is 10.6 Å². The molecule has 1 aliphatic rings. The van der Waals surface area contributed by atoms with Crippen LogP contribution < -0.4 is 10.6 Å². The number of halogens is 1. The zero-order valence-electron chi connectivity index (χ0n) is 14.9. The molecule has 1 aromatic carbocycles. The van der Waals surface area contributed by atoms with Crippen molar-refractivity contribution in [3.8, 4) is 0 Å². The number of para-hydroxylation sites is 1. The SMILES string of the molecule is O=C(CN1CCN(CC(=O)Nc2ccc(Cl)cn2)CC1)Nc1ccccc1. The van der Waals surface area contributed by atoms with Crippen molar-refractivity contribution in [2.45, 2.75) is 0 Å². The lowest BCUT2D eigenvalue weighted by Crippen LogP contribution is -2.50. The van der Waals surface area contributed by atoms with Crippen LogP contribution in [-0.4, -0.2) is 65.9 Å². The number of hydrogen-bond acceptors (Lipinski definition) is 5. The van der Waals surface area contributed by atoms with Crippen LogP contribution >= 0.6 is 11.6 Å². The van der Waals surface area contributed by atoms with Crippen LogP contribution in [0.5, 0.6) is 0 Å². The molecule has 3 rings (SSSR count). The molecular weight excluding hydrogens is 366 g/mol. The predicted octanol–water partition coefficient (Wildman–Crippen LogP) is 1.93. The van der Waals surface area contributed by atoms with Crippen molar-refractivity contribution in [2.24, 2.45) is 0 Å². The third-order valence-corrected chi connectivity index (χ3v) is 4.48. The Bertz CT molecular complexity index is 761. The molecule has 0 unspecified atom stereocenters. The molecule has 0 aliphatic carbocycles. The van der Waals surface area contributed by atoms with Crippen molar-refractivity contribution >= 4 is 34.9 Å². The van der Waals surface area contributed by atoms with Gasteiger partial charge in [-0.1, -0.05) is 29.8 Å². The molecule has 2 amide bonds. The summed E-state index contributed by atoms with van der Waals surface area (Å²) in [6.07, 6.45) is 1.50. The van der Waals surface area contributed by atoms with Crippen LogP contribution in [0.4, 0.5) is 11.5 Å². The predicted molar refractivity (Wildman–Crippen MR) is 106 cm³/mol. The minimum Gasteiger partial charge on any atom is -0.325 e. The highest BCUT2D eigenvalue weighted by Crippen LogP contribution is 2.10. The summed E-state index contributed by atoms with van der Waals surface area (Å²) in [5, 5.41) is 6.18. The van der Waals surface area contributed by atoms with Gasteiger partial charge in [-0.15, -0.1) is 0 Å². The molecule has 2 aromatic rings. The molecule has 27 heavy (non-hydrogen) atoms. The van der Waals surface area contributed by atoms with Crippen molar-refractivity contribution in [1.82, 2.24) is 14.8 Å². The van der Waals surface area contributed by atoms with Crippen LogP contribution in [0, 0.1) is 0 Å². The van der Waals surface area contributed by atoms with E-state index < -0.39 is 0 Å². The first-order chi connectivity index (χ1) is 13.1. The molecule has 0 bridgehead atoms. The molecule has 8 heteroatoms. The molecule has 0 saturated carbocycles. The third-order valence-electron chi connectivity index (χ3n) is 4.25. The van der Waals surface area contributed by atoms with E-state index >= 15 is 0 Å². The molecule has 1 fully saturated rings. The first-order valence-electron chi connectivity index (χ1n) is 8.79. The summed E-state index contributed by atoms with van der Waals surface area (Å²) in [7, 11) is 0. The normalized spacial score (nSPS) is 15.3. The molecule has 142 valence electrons. The van der Waals surface area contributed by atoms with E-state index in [1.807, 2.05) is 30.3 Å². The van der Waals surface area contributed by atoms with E-state index in [0.29, 0.717) is 23.9 Å². The van der Waals surface area contributed by atoms with E-state index in [-0.39, 0.29) is 11.8 Å². The van der Waals surface area contributed by atoms with E-state index in [9.17, 15) is 9.59 Å². The van der Waals surface area contributed by atoms with Gasteiger partial charge in [0, 0.05) is 38.1 Å². The maximum absolute atomic E-state index is 12.1. The number of amides is 2. The van der Waals surface area contributed by atoms with E-state index in [4.69, 9.17) is 11.6 Å². The molecule has 1 saturated heterocycles. The Balaban J connectivity index is 1.37. The molecule has 0 atom stereocenters. The van der Waals surface area contributed by atoms with Crippen LogP contribution in [0.1, 0.15) is 0 Å². The van der Waals surface area contributed by atoms with E-state index in [1.54, 1.807) is 12.1 Å². The Morgan fingerprint density at radius 2 is 1.48 bits per heavy atom. The maximum atomic E-state index is 12.1. The number of nitrogens with zero attached hydrogens (tertiary/aromatic N) is 3. The van der Waals surface area contributed by atoms with Gasteiger partial charge in [0.05, 0.1) is 18.1 Å². The second-order valence-electron chi connectivity index (χ2n) is 6.38. The Hall–Kier alpha value is -2.48. The minimum absolute atomic E-state index is 0.0267. The number of nitrogens with one attached hydrogen (secondary N) is 2. The fourth-order valence-corrected chi connectivity index (χ4v) is 2.98. The van der Waals surface area contributed by atoms with E-state index in [2.05, 4.69) is 25.4 Å². The van der Waals surface area contributed by atoms with Crippen molar-refractivity contribution in [1.29, 1.82) is 0 Å². The van der Waals surface area contributed by atoms with Gasteiger partial charge >= 0.3 is 0 Å². The number of piperazine rings is 1. The molecule has 1 aliphatic heterocycles. The van der Waals surface area contributed by atoms with Crippen LogP contribution in [0.15, 0.2) is 48.7 Å². The zero-order valence-corrected chi connectivity index (χ0v) is 15.7. The number of carbonyl (C=O) groups is 2. The molecule has 2 N–H and O–H groups in total. The minimum atomic E-state index is -0.111. The van der Waals surface area contributed by atoms with Crippen LogP contribution in [0.25, 0.3) is 0 Å². The van der Waals surface area contributed by atoms with Gasteiger partial charge in [-0.2, -0.15) is 0 Å². The summed E-state index contributed by atoms with van der Waals surface area (Å²) >= 11 is 5.78. The summed E-state index contributed by atoms with van der Waals surface area (Å²) in [6.45, 7) is 3.61. The van der Waals surface area contributed by atoms with Gasteiger partial charge in [-0.25, -0.2) is 4.98 Å². The van der Waals surface area contributed by atoms with Gasteiger partial charge in [0.1, 0.15) is 5.82 Å². The molecule has 0 radical (unpaired) electrons. The molecule has 2 heterocycles. The lowest BCUT2D eigenvalue weighted by molar-refractivity contribution is -0.120. The smallest absolute Gasteiger partial charge is 0.239 e. The second-order valence-corrected chi connectivity index (χ2v) is 6.81. The van der Waals surface area contributed by atoms with Gasteiger partial charge in [-0.3, -0.25) is 19.4 Å². The Kier molecular flexibility index (Phi) is 6.75. The summed E-state index contributed by atoms with van der Waals surface area (Å²) < 4.78 is 0. The highest BCUT2D eigenvalue weighted by atomic mass is 35.5. The average molecular weight is 388 g/mol. The molecular formula is C19H22ClN5O2. The fraction of sp³-hybridized carbons (Fsp3) is 0.316. The molecule has 1 aromatic heterocycles. The summed E-state index contributed by atoms with van der Waals surface area (Å²) in [5.41, 5.74) is 0.800. The Morgan fingerprint density at radius 3 is 2.04 bits per heavy atom. The standard InChI is InChI=1S/C19H22ClN5O2/c20-15-6-7-17(21-12-15)23-19(27)14-25-10-8-24(9-11-25)13-18(26)22-16-4-2-1-3-5-16/h1-7,12H,8-11,13-14H2,(H,22,26)(H,21,23,27).